The van der Waals surface area contributed by atoms with Gasteiger partial charge in [-0.2, -0.15) is 5.10 Å². The fourth-order valence-electron chi connectivity index (χ4n) is 1.89. The van der Waals surface area contributed by atoms with E-state index in [9.17, 15) is 0 Å². The van der Waals surface area contributed by atoms with Gasteiger partial charge in [0.2, 0.25) is 0 Å². The highest BCUT2D eigenvalue weighted by Crippen LogP contribution is 2.25. The standard InChI is InChI=1S/C12H17N5/c1-4-9-11(10-6-7-16-17(10)3)14-8-15-12(9)13-5-2/h6-8H,4-5H2,1-3H3,(H,13,14,15). The van der Waals surface area contributed by atoms with Crippen molar-refractivity contribution in [1.82, 2.24) is 19.7 Å². The largest absolute Gasteiger partial charge is 0.370 e. The maximum Gasteiger partial charge on any atom is 0.133 e. The smallest absolute Gasteiger partial charge is 0.133 e. The normalized spacial score (nSPS) is 10.5. The molecule has 0 bridgehead atoms. The molecule has 0 unspecified atom stereocenters. The van der Waals surface area contributed by atoms with E-state index in [-0.39, 0.29) is 0 Å². The Kier molecular flexibility index (Phi) is 3.37. The quantitative estimate of drug-likeness (QED) is 0.872. The third-order valence-corrected chi connectivity index (χ3v) is 2.71. The van der Waals surface area contributed by atoms with Crippen molar-refractivity contribution in [3.8, 4) is 11.4 Å². The summed E-state index contributed by atoms with van der Waals surface area (Å²) in [5.74, 6) is 0.918. The van der Waals surface area contributed by atoms with Crippen LogP contribution in [-0.4, -0.2) is 26.3 Å². The van der Waals surface area contributed by atoms with Crippen LogP contribution in [0.3, 0.4) is 0 Å². The van der Waals surface area contributed by atoms with Crippen molar-refractivity contribution in [2.45, 2.75) is 20.3 Å². The first-order valence-corrected chi connectivity index (χ1v) is 5.84. The van der Waals surface area contributed by atoms with E-state index < -0.39 is 0 Å². The van der Waals surface area contributed by atoms with Crippen LogP contribution < -0.4 is 5.32 Å². The zero-order valence-electron chi connectivity index (χ0n) is 10.4. The van der Waals surface area contributed by atoms with Crippen LogP contribution in [0.4, 0.5) is 5.82 Å². The summed E-state index contributed by atoms with van der Waals surface area (Å²) in [6, 6.07) is 1.97. The number of aryl methyl sites for hydroxylation is 1. The molecule has 2 aromatic rings. The second kappa shape index (κ2) is 4.95. The fraction of sp³-hybridized carbons (Fsp3) is 0.417. The van der Waals surface area contributed by atoms with Gasteiger partial charge in [0, 0.05) is 25.4 Å². The molecule has 2 rings (SSSR count). The molecule has 0 aromatic carbocycles. The number of hydrogen-bond acceptors (Lipinski definition) is 4. The molecule has 2 heterocycles. The van der Waals surface area contributed by atoms with Gasteiger partial charge in [-0.3, -0.25) is 4.68 Å². The molecule has 5 nitrogen and oxygen atoms in total. The number of aromatic nitrogens is 4. The van der Waals surface area contributed by atoms with Crippen LogP contribution >= 0.6 is 0 Å². The van der Waals surface area contributed by atoms with Gasteiger partial charge in [0.1, 0.15) is 12.1 Å². The third-order valence-electron chi connectivity index (χ3n) is 2.71. The van der Waals surface area contributed by atoms with Crippen molar-refractivity contribution < 1.29 is 0 Å². The maximum atomic E-state index is 4.38. The van der Waals surface area contributed by atoms with Gasteiger partial charge in [0.15, 0.2) is 0 Å². The minimum Gasteiger partial charge on any atom is -0.370 e. The summed E-state index contributed by atoms with van der Waals surface area (Å²) in [5.41, 5.74) is 3.11. The molecule has 0 fully saturated rings. The van der Waals surface area contributed by atoms with Gasteiger partial charge in [0.25, 0.3) is 0 Å². The summed E-state index contributed by atoms with van der Waals surface area (Å²) in [4.78, 5) is 8.67. The summed E-state index contributed by atoms with van der Waals surface area (Å²) >= 11 is 0. The van der Waals surface area contributed by atoms with E-state index >= 15 is 0 Å². The molecule has 17 heavy (non-hydrogen) atoms. The average Bonchev–Trinajstić information content (AvgIpc) is 2.75. The highest BCUT2D eigenvalue weighted by molar-refractivity contribution is 5.65. The Morgan fingerprint density at radius 1 is 1.29 bits per heavy atom. The Balaban J connectivity index is 2.54. The van der Waals surface area contributed by atoms with Gasteiger partial charge >= 0.3 is 0 Å². The first-order chi connectivity index (χ1) is 8.27. The van der Waals surface area contributed by atoms with Crippen LogP contribution in [0.25, 0.3) is 11.4 Å². The molecule has 0 radical (unpaired) electrons. The lowest BCUT2D eigenvalue weighted by Crippen LogP contribution is -2.07. The molecular formula is C12H17N5. The van der Waals surface area contributed by atoms with Crippen molar-refractivity contribution in [2.75, 3.05) is 11.9 Å². The highest BCUT2D eigenvalue weighted by atomic mass is 15.3. The molecule has 1 N–H and O–H groups in total. The predicted molar refractivity (Wildman–Crippen MR) is 67.8 cm³/mol. The number of anilines is 1. The van der Waals surface area contributed by atoms with Crippen LogP contribution in [0, 0.1) is 0 Å². The number of nitrogens with one attached hydrogen (secondary N) is 1. The van der Waals surface area contributed by atoms with Crippen LogP contribution in [0.2, 0.25) is 0 Å². The summed E-state index contributed by atoms with van der Waals surface area (Å²) in [7, 11) is 1.92. The summed E-state index contributed by atoms with van der Waals surface area (Å²) < 4.78 is 1.83. The molecule has 5 heteroatoms. The van der Waals surface area contributed by atoms with E-state index in [0.29, 0.717) is 0 Å². The summed E-state index contributed by atoms with van der Waals surface area (Å²) in [6.45, 7) is 5.03. The van der Waals surface area contributed by atoms with Gasteiger partial charge in [-0.15, -0.1) is 0 Å². The van der Waals surface area contributed by atoms with Crippen molar-refractivity contribution >= 4 is 5.82 Å². The van der Waals surface area contributed by atoms with Gasteiger partial charge in [-0.25, -0.2) is 9.97 Å². The molecule has 0 aliphatic carbocycles. The molecular weight excluding hydrogens is 214 g/mol. The van der Waals surface area contributed by atoms with Gasteiger partial charge in [-0.1, -0.05) is 6.92 Å². The minimum atomic E-state index is 0.856. The molecule has 90 valence electrons. The van der Waals surface area contributed by atoms with Crippen LogP contribution in [0.15, 0.2) is 18.6 Å². The molecule has 0 saturated heterocycles. The Morgan fingerprint density at radius 3 is 2.71 bits per heavy atom. The van der Waals surface area contributed by atoms with Crippen molar-refractivity contribution in [3.63, 3.8) is 0 Å². The fourth-order valence-corrected chi connectivity index (χ4v) is 1.89. The first kappa shape index (κ1) is 11.6. The van der Waals surface area contributed by atoms with Crippen molar-refractivity contribution in [1.29, 1.82) is 0 Å². The highest BCUT2D eigenvalue weighted by Gasteiger charge is 2.13. The number of rotatable bonds is 4. The van der Waals surface area contributed by atoms with Gasteiger partial charge < -0.3 is 5.32 Å². The third kappa shape index (κ3) is 2.13. The lowest BCUT2D eigenvalue weighted by Gasteiger charge is -2.12. The second-order valence-corrected chi connectivity index (χ2v) is 3.77. The van der Waals surface area contributed by atoms with E-state index in [1.807, 2.05) is 17.8 Å². The zero-order chi connectivity index (χ0) is 12.3. The van der Waals surface area contributed by atoms with E-state index in [2.05, 4.69) is 34.2 Å². The number of hydrogen-bond donors (Lipinski definition) is 1. The Labute approximate surface area is 101 Å². The molecule has 0 aliphatic rings. The molecule has 0 spiro atoms. The van der Waals surface area contributed by atoms with Gasteiger partial charge in [0.05, 0.1) is 11.4 Å². The minimum absolute atomic E-state index is 0.856. The molecule has 2 aromatic heterocycles. The van der Waals surface area contributed by atoms with Crippen molar-refractivity contribution in [3.05, 3.63) is 24.2 Å². The summed E-state index contributed by atoms with van der Waals surface area (Å²) in [5, 5.41) is 7.45. The molecule has 0 atom stereocenters. The monoisotopic (exact) mass is 231 g/mol. The van der Waals surface area contributed by atoms with Crippen LogP contribution in [-0.2, 0) is 13.5 Å². The Bertz CT molecular complexity index is 503. The second-order valence-electron chi connectivity index (χ2n) is 3.77. The molecule has 0 saturated carbocycles. The van der Waals surface area contributed by atoms with E-state index in [4.69, 9.17) is 0 Å². The maximum absolute atomic E-state index is 4.38. The van der Waals surface area contributed by atoms with E-state index in [1.54, 1.807) is 12.5 Å². The first-order valence-electron chi connectivity index (χ1n) is 5.84. The van der Waals surface area contributed by atoms with E-state index in [1.165, 1.54) is 0 Å². The lowest BCUT2D eigenvalue weighted by atomic mass is 10.1. The van der Waals surface area contributed by atoms with Crippen LogP contribution in [0.1, 0.15) is 19.4 Å². The molecule has 0 amide bonds. The Hall–Kier alpha value is -1.91. The lowest BCUT2D eigenvalue weighted by molar-refractivity contribution is 0.771. The summed E-state index contributed by atoms with van der Waals surface area (Å²) in [6.07, 6.45) is 4.27. The SMILES string of the molecule is CCNc1ncnc(-c2ccnn2C)c1CC. The predicted octanol–water partition coefficient (Wildman–Crippen LogP) is 1.87. The Morgan fingerprint density at radius 2 is 2.12 bits per heavy atom. The topological polar surface area (TPSA) is 55.6 Å². The van der Waals surface area contributed by atoms with Crippen LogP contribution in [0.5, 0.6) is 0 Å². The zero-order valence-corrected chi connectivity index (χ0v) is 10.4. The van der Waals surface area contributed by atoms with Crippen molar-refractivity contribution in [2.24, 2.45) is 7.05 Å². The molecule has 0 aliphatic heterocycles. The van der Waals surface area contributed by atoms with Gasteiger partial charge in [-0.05, 0) is 19.4 Å². The van der Waals surface area contributed by atoms with E-state index in [0.717, 1.165) is 35.7 Å². The number of nitrogens with zero attached hydrogens (tertiary/aromatic N) is 4. The average molecular weight is 231 g/mol.